The van der Waals surface area contributed by atoms with Crippen LogP contribution in [-0.4, -0.2) is 45.5 Å². The number of amides is 2. The summed E-state index contributed by atoms with van der Waals surface area (Å²) in [6.45, 7) is 8.03. The fourth-order valence-corrected chi connectivity index (χ4v) is 5.39. The number of hydrogen-bond donors (Lipinski definition) is 3. The molecule has 5 rings (SSSR count). The van der Waals surface area contributed by atoms with Gasteiger partial charge < -0.3 is 20.4 Å². The number of halogens is 1. The second-order valence-corrected chi connectivity index (χ2v) is 10.9. The summed E-state index contributed by atoms with van der Waals surface area (Å²) in [5.41, 5.74) is 3.20. The van der Waals surface area contributed by atoms with Gasteiger partial charge in [0.15, 0.2) is 0 Å². The van der Waals surface area contributed by atoms with Crippen molar-refractivity contribution < 1.29 is 18.7 Å². The number of ether oxygens (including phenoxy) is 1. The fourth-order valence-electron chi connectivity index (χ4n) is 5.39. The van der Waals surface area contributed by atoms with Crippen LogP contribution in [0.4, 0.5) is 4.39 Å². The summed E-state index contributed by atoms with van der Waals surface area (Å²) in [7, 11) is 0. The average Bonchev–Trinajstić information content (AvgIpc) is 3.66. The lowest BCUT2D eigenvalue weighted by molar-refractivity contribution is -0.122. The highest BCUT2D eigenvalue weighted by atomic mass is 19.1. The van der Waals surface area contributed by atoms with Crippen LogP contribution >= 0.6 is 0 Å². The first-order valence-electron chi connectivity index (χ1n) is 13.6. The molecule has 202 valence electrons. The molecule has 38 heavy (non-hydrogen) atoms. The molecule has 3 atom stereocenters. The van der Waals surface area contributed by atoms with Gasteiger partial charge >= 0.3 is 0 Å². The quantitative estimate of drug-likeness (QED) is 0.387. The maximum absolute atomic E-state index is 15.5. The van der Waals surface area contributed by atoms with Gasteiger partial charge in [-0.1, -0.05) is 19.9 Å². The van der Waals surface area contributed by atoms with Gasteiger partial charge in [-0.15, -0.1) is 0 Å². The van der Waals surface area contributed by atoms with Crippen molar-refractivity contribution in [1.82, 2.24) is 25.6 Å². The predicted molar refractivity (Wildman–Crippen MR) is 143 cm³/mol. The molecule has 2 heterocycles. The first kappa shape index (κ1) is 26.1. The van der Waals surface area contributed by atoms with E-state index in [1.807, 2.05) is 13.8 Å². The summed E-state index contributed by atoms with van der Waals surface area (Å²) >= 11 is 0. The number of nitrogens with zero attached hydrogens (tertiary/aromatic N) is 2. The smallest absolute Gasteiger partial charge is 0.255 e. The van der Waals surface area contributed by atoms with Gasteiger partial charge in [0.2, 0.25) is 5.91 Å². The van der Waals surface area contributed by atoms with E-state index in [1.54, 1.807) is 19.1 Å². The number of carbonyl (C=O) groups excluding carboxylic acids is 2. The van der Waals surface area contributed by atoms with Crippen LogP contribution in [0.5, 0.6) is 5.75 Å². The number of fused-ring (bicyclic) bond motifs is 1. The number of aryl methyl sites for hydroxylation is 2. The zero-order valence-electron chi connectivity index (χ0n) is 22.5. The lowest BCUT2D eigenvalue weighted by Gasteiger charge is -2.35. The Balaban J connectivity index is 1.41. The van der Waals surface area contributed by atoms with Gasteiger partial charge in [-0.2, -0.15) is 0 Å². The molecule has 8 nitrogen and oxygen atoms in total. The number of hydrogen-bond acceptors (Lipinski definition) is 5. The molecule has 2 fully saturated rings. The zero-order chi connectivity index (χ0) is 27.0. The molecule has 0 spiro atoms. The molecule has 2 aliphatic carbocycles. The predicted octanol–water partition coefficient (Wildman–Crippen LogP) is 4.98. The Labute approximate surface area is 222 Å². The van der Waals surface area contributed by atoms with E-state index >= 15 is 4.39 Å². The minimum Gasteiger partial charge on any atom is -0.492 e. The molecule has 3 aromatic rings. The van der Waals surface area contributed by atoms with Crippen LogP contribution in [0.1, 0.15) is 74.0 Å². The number of benzene rings is 1. The largest absolute Gasteiger partial charge is 0.492 e. The van der Waals surface area contributed by atoms with Crippen LogP contribution in [0, 0.1) is 31.5 Å². The van der Waals surface area contributed by atoms with Crippen molar-refractivity contribution >= 4 is 22.8 Å². The van der Waals surface area contributed by atoms with E-state index in [9.17, 15) is 9.59 Å². The van der Waals surface area contributed by atoms with Crippen molar-refractivity contribution in [2.45, 2.75) is 78.3 Å². The summed E-state index contributed by atoms with van der Waals surface area (Å²) in [6, 6.07) is 3.62. The van der Waals surface area contributed by atoms with Crippen molar-refractivity contribution in [1.29, 1.82) is 0 Å². The number of rotatable bonds is 8. The highest BCUT2D eigenvalue weighted by molar-refractivity contribution is 6.09. The highest BCUT2D eigenvalue weighted by Gasteiger charge is 2.31. The third-order valence-electron chi connectivity index (χ3n) is 7.88. The standard InChI is InChI=1S/C29H36FN5O3/c1-5-22(36)35-20-10-9-19(12-16(20)3)34-29(37)23-17(4)33-28-26(23)31-14-32-27(28)24-21(38-13-18-7-8-18)11-6-15(2)25(24)30/h6,11,14,16,18-20,33H,5,7-10,12-13H2,1-4H3,(H,34,37)(H,35,36)/t16-,19-,20+/m1/s1. The van der Waals surface area contributed by atoms with Gasteiger partial charge in [0.25, 0.3) is 5.91 Å². The number of aromatic amines is 1. The van der Waals surface area contributed by atoms with Crippen molar-refractivity contribution in [3.05, 3.63) is 41.1 Å². The zero-order valence-corrected chi connectivity index (χ0v) is 22.5. The summed E-state index contributed by atoms with van der Waals surface area (Å²) in [4.78, 5) is 37.4. The molecule has 2 amide bonds. The molecule has 2 aliphatic rings. The molecule has 2 aromatic heterocycles. The Hall–Kier alpha value is -3.49. The molecule has 2 saturated carbocycles. The second kappa shape index (κ2) is 10.7. The van der Waals surface area contributed by atoms with E-state index in [4.69, 9.17) is 4.74 Å². The van der Waals surface area contributed by atoms with Crippen molar-refractivity contribution in [3.63, 3.8) is 0 Å². The van der Waals surface area contributed by atoms with Crippen LogP contribution in [0.2, 0.25) is 0 Å². The van der Waals surface area contributed by atoms with Gasteiger partial charge in [0, 0.05) is 24.2 Å². The monoisotopic (exact) mass is 521 g/mol. The van der Waals surface area contributed by atoms with Gasteiger partial charge in [0.05, 0.1) is 23.3 Å². The maximum Gasteiger partial charge on any atom is 0.255 e. The highest BCUT2D eigenvalue weighted by Crippen LogP contribution is 2.39. The van der Waals surface area contributed by atoms with Gasteiger partial charge in [-0.25, -0.2) is 14.4 Å². The Kier molecular flexibility index (Phi) is 7.36. The molecular weight excluding hydrogens is 485 g/mol. The number of nitrogens with one attached hydrogen (secondary N) is 3. The van der Waals surface area contributed by atoms with Crippen LogP contribution in [0.15, 0.2) is 18.5 Å². The van der Waals surface area contributed by atoms with Gasteiger partial charge in [0.1, 0.15) is 29.1 Å². The van der Waals surface area contributed by atoms with Crippen LogP contribution in [0.25, 0.3) is 22.3 Å². The fraction of sp³-hybridized carbons (Fsp3) is 0.517. The third kappa shape index (κ3) is 5.24. The molecule has 9 heteroatoms. The summed E-state index contributed by atoms with van der Waals surface area (Å²) in [5, 5.41) is 6.26. The van der Waals surface area contributed by atoms with E-state index in [-0.39, 0.29) is 35.4 Å². The lowest BCUT2D eigenvalue weighted by Crippen LogP contribution is -2.48. The molecule has 0 bridgehead atoms. The first-order chi connectivity index (χ1) is 18.3. The Morgan fingerprint density at radius 1 is 1.13 bits per heavy atom. The van der Waals surface area contributed by atoms with E-state index in [1.165, 1.54) is 6.33 Å². The van der Waals surface area contributed by atoms with E-state index < -0.39 is 5.82 Å². The minimum absolute atomic E-state index is 0.00502. The molecule has 0 unspecified atom stereocenters. The Morgan fingerprint density at radius 3 is 2.63 bits per heavy atom. The molecule has 1 aromatic carbocycles. The number of H-pyrrole nitrogens is 1. The maximum atomic E-state index is 15.5. The summed E-state index contributed by atoms with van der Waals surface area (Å²) in [6.07, 6.45) is 6.46. The van der Waals surface area contributed by atoms with E-state index in [0.29, 0.717) is 58.2 Å². The van der Waals surface area contributed by atoms with Crippen molar-refractivity contribution in [2.24, 2.45) is 11.8 Å². The molecular formula is C29H36FN5O3. The summed E-state index contributed by atoms with van der Waals surface area (Å²) < 4.78 is 21.5. The molecule has 0 aliphatic heterocycles. The average molecular weight is 522 g/mol. The van der Waals surface area contributed by atoms with Crippen LogP contribution in [0.3, 0.4) is 0 Å². The minimum atomic E-state index is -0.391. The second-order valence-electron chi connectivity index (χ2n) is 10.9. The first-order valence-corrected chi connectivity index (χ1v) is 13.6. The lowest BCUT2D eigenvalue weighted by atomic mass is 9.82. The Bertz CT molecular complexity index is 1370. The normalized spacial score (nSPS) is 21.3. The van der Waals surface area contributed by atoms with Crippen LogP contribution in [-0.2, 0) is 4.79 Å². The molecule has 3 N–H and O–H groups in total. The van der Waals surface area contributed by atoms with Crippen molar-refractivity contribution in [3.8, 4) is 17.0 Å². The van der Waals surface area contributed by atoms with Gasteiger partial charge in [-0.05, 0) is 69.4 Å². The van der Waals surface area contributed by atoms with Gasteiger partial charge in [-0.3, -0.25) is 9.59 Å². The third-order valence-corrected chi connectivity index (χ3v) is 7.88. The van der Waals surface area contributed by atoms with E-state index in [0.717, 1.165) is 32.1 Å². The SMILES string of the molecule is CCC(=O)N[C@H]1CC[C@@H](NC(=O)c2c(C)[nH]c3c(-c4c(OCC5CC5)ccc(C)c4F)ncnc23)C[C@H]1C. The Morgan fingerprint density at radius 2 is 1.92 bits per heavy atom. The molecule has 0 saturated heterocycles. The number of aromatic nitrogens is 3. The number of carbonyl (C=O) groups is 2. The van der Waals surface area contributed by atoms with Crippen molar-refractivity contribution in [2.75, 3.05) is 6.61 Å². The summed E-state index contributed by atoms with van der Waals surface area (Å²) in [5.74, 6) is 0.654. The van der Waals surface area contributed by atoms with Crippen LogP contribution < -0.4 is 15.4 Å². The topological polar surface area (TPSA) is 109 Å². The molecule has 0 radical (unpaired) electrons. The van der Waals surface area contributed by atoms with E-state index in [2.05, 4.69) is 32.5 Å².